The maximum Gasteiger partial charge on any atom is 0.305 e. The fourth-order valence-corrected chi connectivity index (χ4v) is 5.79. The van der Waals surface area contributed by atoms with Crippen molar-refractivity contribution in [2.45, 2.75) is 123 Å². The molecule has 0 aromatic rings. The molecule has 2 atom stereocenters. The lowest BCUT2D eigenvalue weighted by atomic mass is 10.0. The van der Waals surface area contributed by atoms with Gasteiger partial charge in [-0.1, -0.05) is 56.2 Å². The molecule has 6 heteroatoms. The topological polar surface area (TPSA) is 44.8 Å². The molecular weight excluding hydrogens is 444 g/mol. The van der Waals surface area contributed by atoms with Crippen LogP contribution in [0.15, 0.2) is 36.5 Å². The number of unbranched alkanes of at least 4 members (excludes halogenated alkanes) is 3. The van der Waals surface area contributed by atoms with Crippen LogP contribution in [0.5, 0.6) is 0 Å². The Morgan fingerprint density at radius 2 is 1.30 bits per heavy atom. The van der Waals surface area contributed by atoms with E-state index in [4.69, 9.17) is 13.6 Å². The van der Waals surface area contributed by atoms with Gasteiger partial charge in [0.1, 0.15) is 0 Å². The number of hydrogen-bond donors (Lipinski definition) is 0. The minimum absolute atomic E-state index is 0.00563. The SMILES string of the molecule is CCCCC/C=C\C/C=C\C/C=C\CC(O[Si](C)(C)C)C(CCCC(=O)OC)O[Si](C)(C)C. The van der Waals surface area contributed by atoms with Gasteiger partial charge in [-0.3, -0.25) is 4.79 Å². The Kier molecular flexibility index (Phi) is 17.8. The molecule has 0 aromatic carbocycles. The lowest BCUT2D eigenvalue weighted by molar-refractivity contribution is -0.140. The summed E-state index contributed by atoms with van der Waals surface area (Å²) < 4.78 is 17.9. The van der Waals surface area contributed by atoms with Crippen LogP contribution >= 0.6 is 0 Å². The van der Waals surface area contributed by atoms with E-state index in [9.17, 15) is 4.79 Å². The van der Waals surface area contributed by atoms with Crippen LogP contribution in [0.1, 0.15) is 71.1 Å². The zero-order valence-electron chi connectivity index (χ0n) is 22.8. The molecule has 0 aliphatic heterocycles. The largest absolute Gasteiger partial charge is 0.469 e. The summed E-state index contributed by atoms with van der Waals surface area (Å²) in [5.74, 6) is -0.160. The Morgan fingerprint density at radius 1 is 0.758 bits per heavy atom. The number of hydrogen-bond acceptors (Lipinski definition) is 4. The Bertz CT molecular complexity index is 586. The van der Waals surface area contributed by atoms with E-state index in [-0.39, 0.29) is 18.2 Å². The van der Waals surface area contributed by atoms with Gasteiger partial charge in [0, 0.05) is 6.42 Å². The second-order valence-corrected chi connectivity index (χ2v) is 19.5. The number of rotatable bonds is 19. The molecule has 4 nitrogen and oxygen atoms in total. The first-order chi connectivity index (χ1) is 15.5. The molecule has 0 heterocycles. The second kappa shape index (κ2) is 18.4. The smallest absolute Gasteiger partial charge is 0.305 e. The lowest BCUT2D eigenvalue weighted by Gasteiger charge is -2.36. The summed E-state index contributed by atoms with van der Waals surface area (Å²) in [5.41, 5.74) is 0. The van der Waals surface area contributed by atoms with E-state index in [0.717, 1.165) is 32.1 Å². The Morgan fingerprint density at radius 3 is 1.85 bits per heavy atom. The molecule has 0 aliphatic carbocycles. The third-order valence-corrected chi connectivity index (χ3v) is 6.93. The van der Waals surface area contributed by atoms with E-state index in [0.29, 0.717) is 6.42 Å². The molecule has 0 fully saturated rings. The highest BCUT2D eigenvalue weighted by atomic mass is 28.4. The predicted molar refractivity (Wildman–Crippen MR) is 148 cm³/mol. The van der Waals surface area contributed by atoms with Crippen molar-refractivity contribution in [1.82, 2.24) is 0 Å². The van der Waals surface area contributed by atoms with Gasteiger partial charge in [0.2, 0.25) is 0 Å². The van der Waals surface area contributed by atoms with Crippen LogP contribution in [0.2, 0.25) is 39.3 Å². The zero-order valence-corrected chi connectivity index (χ0v) is 24.8. The van der Waals surface area contributed by atoms with Gasteiger partial charge in [0.05, 0.1) is 19.3 Å². The van der Waals surface area contributed by atoms with Gasteiger partial charge in [0.15, 0.2) is 16.6 Å². The lowest BCUT2D eigenvalue weighted by Crippen LogP contribution is -2.44. The molecule has 0 amide bonds. The summed E-state index contributed by atoms with van der Waals surface area (Å²) in [4.78, 5) is 11.6. The van der Waals surface area contributed by atoms with Crippen LogP contribution in [0.4, 0.5) is 0 Å². The van der Waals surface area contributed by atoms with E-state index >= 15 is 0 Å². The van der Waals surface area contributed by atoms with Crippen molar-refractivity contribution in [1.29, 1.82) is 0 Å². The summed E-state index contributed by atoms with van der Waals surface area (Å²) in [6.07, 6.45) is 23.4. The number of carbonyl (C=O) groups is 1. The van der Waals surface area contributed by atoms with Crippen molar-refractivity contribution in [2.24, 2.45) is 0 Å². The predicted octanol–water partition coefficient (Wildman–Crippen LogP) is 8.19. The van der Waals surface area contributed by atoms with E-state index in [1.165, 1.54) is 32.8 Å². The Balaban J connectivity index is 4.83. The minimum atomic E-state index is -1.75. The van der Waals surface area contributed by atoms with Crippen LogP contribution in [0, 0.1) is 0 Å². The highest BCUT2D eigenvalue weighted by Gasteiger charge is 2.31. The molecule has 0 rings (SSSR count). The van der Waals surface area contributed by atoms with Crippen LogP contribution in [0.3, 0.4) is 0 Å². The van der Waals surface area contributed by atoms with Crippen LogP contribution in [0.25, 0.3) is 0 Å². The Hall–Kier alpha value is -0.956. The molecule has 0 radical (unpaired) electrons. The molecule has 0 bridgehead atoms. The van der Waals surface area contributed by atoms with Gasteiger partial charge in [-0.2, -0.15) is 0 Å². The highest BCUT2D eigenvalue weighted by Crippen LogP contribution is 2.23. The fraction of sp³-hybridized carbons (Fsp3) is 0.741. The van der Waals surface area contributed by atoms with Gasteiger partial charge in [0.25, 0.3) is 0 Å². The maximum absolute atomic E-state index is 11.6. The molecule has 0 spiro atoms. The maximum atomic E-state index is 11.6. The summed E-state index contributed by atoms with van der Waals surface area (Å²) in [6, 6.07) is 0. The Labute approximate surface area is 207 Å². The summed E-state index contributed by atoms with van der Waals surface area (Å²) in [5, 5.41) is 0. The first kappa shape index (κ1) is 32.0. The van der Waals surface area contributed by atoms with Gasteiger partial charge in [-0.05, 0) is 84.2 Å². The molecule has 0 saturated carbocycles. The van der Waals surface area contributed by atoms with Gasteiger partial charge >= 0.3 is 5.97 Å². The summed E-state index contributed by atoms with van der Waals surface area (Å²) in [6.45, 7) is 15.6. The van der Waals surface area contributed by atoms with Crippen LogP contribution in [-0.2, 0) is 18.4 Å². The zero-order chi connectivity index (χ0) is 25.2. The number of allylic oxidation sites excluding steroid dienone is 5. The standard InChI is InChI=1S/C27H52O4Si2/c1-9-10-11-12-13-14-15-16-17-18-19-20-22-25(30-32(3,4)5)26(31-33(6,7)8)23-21-24-27(28)29-2/h13-14,16-17,19-20,25-26H,9-12,15,18,21-24H2,1-8H3/b14-13-,17-16-,20-19-. The fourth-order valence-electron chi connectivity index (χ4n) is 3.46. The first-order valence-electron chi connectivity index (χ1n) is 12.9. The van der Waals surface area contributed by atoms with Crippen LogP contribution < -0.4 is 0 Å². The van der Waals surface area contributed by atoms with E-state index < -0.39 is 16.6 Å². The number of methoxy groups -OCH3 is 1. The normalized spacial score (nSPS) is 15.0. The number of carbonyl (C=O) groups excluding carboxylic acids is 1. The molecule has 192 valence electrons. The quantitative estimate of drug-likeness (QED) is 0.0782. The minimum Gasteiger partial charge on any atom is -0.469 e. The van der Waals surface area contributed by atoms with Crippen molar-refractivity contribution in [2.75, 3.05) is 7.11 Å². The van der Waals surface area contributed by atoms with Gasteiger partial charge in [-0.25, -0.2) is 0 Å². The molecular formula is C27H52O4Si2. The third-order valence-electron chi connectivity index (χ3n) is 4.91. The van der Waals surface area contributed by atoms with E-state index in [1.807, 2.05) is 0 Å². The highest BCUT2D eigenvalue weighted by molar-refractivity contribution is 6.70. The molecule has 0 aliphatic rings. The average Bonchev–Trinajstić information content (AvgIpc) is 2.71. The van der Waals surface area contributed by atoms with Crippen molar-refractivity contribution < 1.29 is 18.4 Å². The monoisotopic (exact) mass is 496 g/mol. The summed E-state index contributed by atoms with van der Waals surface area (Å²) >= 11 is 0. The van der Waals surface area contributed by atoms with E-state index in [2.05, 4.69) is 82.7 Å². The molecule has 0 aromatic heterocycles. The molecule has 2 unspecified atom stereocenters. The van der Waals surface area contributed by atoms with Crippen molar-refractivity contribution in [3.8, 4) is 0 Å². The molecule has 0 saturated heterocycles. The van der Waals surface area contributed by atoms with Gasteiger partial charge < -0.3 is 13.6 Å². The van der Waals surface area contributed by atoms with Crippen molar-refractivity contribution >= 4 is 22.6 Å². The second-order valence-electron chi connectivity index (χ2n) is 10.6. The summed E-state index contributed by atoms with van der Waals surface area (Å²) in [7, 11) is -2.05. The molecule has 33 heavy (non-hydrogen) atoms. The average molecular weight is 497 g/mol. The number of ether oxygens (including phenoxy) is 1. The van der Waals surface area contributed by atoms with Gasteiger partial charge in [-0.15, -0.1) is 0 Å². The third kappa shape index (κ3) is 21.3. The van der Waals surface area contributed by atoms with Crippen molar-refractivity contribution in [3.05, 3.63) is 36.5 Å². The molecule has 0 N–H and O–H groups in total. The van der Waals surface area contributed by atoms with E-state index in [1.54, 1.807) is 0 Å². The number of esters is 1. The first-order valence-corrected chi connectivity index (χ1v) is 19.7. The van der Waals surface area contributed by atoms with Crippen LogP contribution in [-0.4, -0.2) is 41.9 Å². The van der Waals surface area contributed by atoms with Crippen molar-refractivity contribution in [3.63, 3.8) is 0 Å².